The Morgan fingerprint density at radius 1 is 1.26 bits per heavy atom. The number of methoxy groups -OCH3 is 1. The molecular formula is C17H22N2O4. The summed E-state index contributed by atoms with van der Waals surface area (Å²) in [5.41, 5.74) is 2.62. The molecule has 6 nitrogen and oxygen atoms in total. The summed E-state index contributed by atoms with van der Waals surface area (Å²) in [5.74, 6) is -1.14. The third kappa shape index (κ3) is 3.88. The fraction of sp³-hybridized carbons (Fsp3) is 0.471. The van der Waals surface area contributed by atoms with Gasteiger partial charge in [0.2, 0.25) is 11.8 Å². The van der Waals surface area contributed by atoms with E-state index in [2.05, 4.69) is 5.32 Å². The first-order valence-electron chi connectivity index (χ1n) is 7.67. The maximum Gasteiger partial charge on any atom is 0.328 e. The molecule has 0 saturated carbocycles. The number of carbonyl (C=O) groups excluding carboxylic acids is 3. The first-order chi connectivity index (χ1) is 10.9. The highest BCUT2D eigenvalue weighted by Crippen LogP contribution is 2.21. The number of hydrogen-bond donors (Lipinski definition) is 1. The lowest BCUT2D eigenvalue weighted by Gasteiger charge is -2.22. The predicted octanol–water partition coefficient (Wildman–Crippen LogP) is 1.80. The highest BCUT2D eigenvalue weighted by Gasteiger charge is 2.35. The van der Waals surface area contributed by atoms with Crippen molar-refractivity contribution in [2.75, 3.05) is 19.0 Å². The van der Waals surface area contributed by atoms with Crippen molar-refractivity contribution in [2.24, 2.45) is 0 Å². The van der Waals surface area contributed by atoms with Crippen molar-refractivity contribution in [1.29, 1.82) is 0 Å². The molecule has 2 amide bonds. The molecule has 1 aromatic carbocycles. The molecule has 1 saturated heterocycles. The van der Waals surface area contributed by atoms with Gasteiger partial charge in [-0.1, -0.05) is 18.2 Å². The van der Waals surface area contributed by atoms with E-state index >= 15 is 0 Å². The van der Waals surface area contributed by atoms with Crippen molar-refractivity contribution < 1.29 is 19.1 Å². The molecule has 0 aliphatic carbocycles. The number of carbonyl (C=O) groups is 3. The van der Waals surface area contributed by atoms with Crippen LogP contribution in [0.1, 0.15) is 30.4 Å². The number of amides is 2. The highest BCUT2D eigenvalue weighted by atomic mass is 16.5. The Bertz CT molecular complexity index is 607. The average molecular weight is 318 g/mol. The van der Waals surface area contributed by atoms with Crippen LogP contribution in [0.2, 0.25) is 0 Å². The molecule has 0 unspecified atom stereocenters. The minimum atomic E-state index is -0.569. The van der Waals surface area contributed by atoms with E-state index in [9.17, 15) is 14.4 Å². The Labute approximate surface area is 135 Å². The molecule has 1 aliphatic rings. The second-order valence-corrected chi connectivity index (χ2v) is 5.76. The summed E-state index contributed by atoms with van der Waals surface area (Å²) in [6.45, 7) is 4.28. The maximum absolute atomic E-state index is 12.3. The summed E-state index contributed by atoms with van der Waals surface area (Å²) in [6.07, 6.45) is 1.04. The lowest BCUT2D eigenvalue weighted by molar-refractivity contribution is -0.151. The molecule has 124 valence electrons. The van der Waals surface area contributed by atoms with E-state index in [4.69, 9.17) is 4.74 Å². The van der Waals surface area contributed by atoms with Crippen LogP contribution in [-0.2, 0) is 19.1 Å². The molecule has 0 bridgehead atoms. The largest absolute Gasteiger partial charge is 0.467 e. The molecule has 6 heteroatoms. The van der Waals surface area contributed by atoms with E-state index in [0.29, 0.717) is 13.0 Å². The van der Waals surface area contributed by atoms with Gasteiger partial charge in [0.25, 0.3) is 0 Å². The van der Waals surface area contributed by atoms with E-state index in [1.165, 1.54) is 12.0 Å². The first-order valence-corrected chi connectivity index (χ1v) is 7.67. The number of nitrogens with one attached hydrogen (secondary N) is 1. The second-order valence-electron chi connectivity index (χ2n) is 5.76. The van der Waals surface area contributed by atoms with Gasteiger partial charge in [0.05, 0.1) is 7.11 Å². The van der Waals surface area contributed by atoms with Crippen LogP contribution in [0.4, 0.5) is 5.69 Å². The van der Waals surface area contributed by atoms with Crippen molar-refractivity contribution in [1.82, 2.24) is 4.90 Å². The van der Waals surface area contributed by atoms with Crippen LogP contribution in [0.3, 0.4) is 0 Å². The summed E-state index contributed by atoms with van der Waals surface area (Å²) in [7, 11) is 1.30. The van der Waals surface area contributed by atoms with Crippen LogP contribution >= 0.6 is 0 Å². The molecule has 23 heavy (non-hydrogen) atoms. The normalized spacial score (nSPS) is 17.0. The number of hydrogen-bond acceptors (Lipinski definition) is 4. The molecule has 1 atom stereocenters. The topological polar surface area (TPSA) is 75.7 Å². The van der Waals surface area contributed by atoms with Gasteiger partial charge in [0.15, 0.2) is 0 Å². The fourth-order valence-corrected chi connectivity index (χ4v) is 2.88. The van der Waals surface area contributed by atoms with Crippen molar-refractivity contribution in [3.05, 3.63) is 29.3 Å². The zero-order chi connectivity index (χ0) is 17.0. The number of nitrogens with zero attached hydrogens (tertiary/aromatic N) is 1. The monoisotopic (exact) mass is 318 g/mol. The number of ether oxygens (including phenoxy) is 1. The lowest BCUT2D eigenvalue weighted by Crippen LogP contribution is -2.42. The van der Waals surface area contributed by atoms with Crippen LogP contribution in [-0.4, -0.2) is 42.4 Å². The van der Waals surface area contributed by atoms with Gasteiger partial charge in [-0.3, -0.25) is 9.59 Å². The highest BCUT2D eigenvalue weighted by molar-refractivity contribution is 6.05. The number of para-hydroxylation sites is 1. The summed E-state index contributed by atoms with van der Waals surface area (Å²) < 4.78 is 4.71. The first kappa shape index (κ1) is 17.0. The Morgan fingerprint density at radius 2 is 1.91 bits per heavy atom. The third-order valence-corrected chi connectivity index (χ3v) is 4.10. The molecule has 0 aromatic heterocycles. The van der Waals surface area contributed by atoms with Crippen LogP contribution in [0.25, 0.3) is 0 Å². The molecule has 1 heterocycles. The van der Waals surface area contributed by atoms with Gasteiger partial charge < -0.3 is 15.0 Å². The number of anilines is 1. The quantitative estimate of drug-likeness (QED) is 0.678. The molecular weight excluding hydrogens is 296 g/mol. The number of aryl methyl sites for hydroxylation is 2. The summed E-state index contributed by atoms with van der Waals surface area (Å²) >= 11 is 0. The molecule has 1 N–H and O–H groups in total. The summed E-state index contributed by atoms with van der Waals surface area (Å²) in [6, 6.07) is 5.15. The van der Waals surface area contributed by atoms with Crippen LogP contribution in [0.15, 0.2) is 18.2 Å². The summed E-state index contributed by atoms with van der Waals surface area (Å²) in [4.78, 5) is 37.6. The Kier molecular flexibility index (Phi) is 5.36. The van der Waals surface area contributed by atoms with Crippen molar-refractivity contribution in [2.45, 2.75) is 39.2 Å². The Balaban J connectivity index is 2.00. The average Bonchev–Trinajstić information content (AvgIpc) is 3.00. The predicted molar refractivity (Wildman–Crippen MR) is 85.9 cm³/mol. The third-order valence-electron chi connectivity index (χ3n) is 4.10. The van der Waals surface area contributed by atoms with Crippen LogP contribution in [0.5, 0.6) is 0 Å². The minimum absolute atomic E-state index is 0.277. The van der Waals surface area contributed by atoms with E-state index in [1.54, 1.807) is 0 Å². The fourth-order valence-electron chi connectivity index (χ4n) is 2.88. The Morgan fingerprint density at radius 3 is 2.52 bits per heavy atom. The number of benzene rings is 1. The maximum atomic E-state index is 12.3. The molecule has 1 fully saturated rings. The van der Waals surface area contributed by atoms with E-state index in [-0.39, 0.29) is 18.2 Å². The SMILES string of the molecule is COC(=O)[C@@H]1CCCN1C(=O)CC(=O)Nc1c(C)cccc1C. The molecule has 2 rings (SSSR count). The van der Waals surface area contributed by atoms with Gasteiger partial charge in [-0.25, -0.2) is 4.79 Å². The number of esters is 1. The molecule has 1 aliphatic heterocycles. The number of rotatable bonds is 4. The minimum Gasteiger partial charge on any atom is -0.467 e. The van der Waals surface area contributed by atoms with Crippen molar-refractivity contribution in [3.63, 3.8) is 0 Å². The van der Waals surface area contributed by atoms with Gasteiger partial charge in [0, 0.05) is 12.2 Å². The molecule has 0 spiro atoms. The number of likely N-dealkylation sites (tertiary alicyclic amines) is 1. The Hall–Kier alpha value is -2.37. The zero-order valence-corrected chi connectivity index (χ0v) is 13.7. The summed E-state index contributed by atoms with van der Waals surface area (Å²) in [5, 5.41) is 2.79. The van der Waals surface area contributed by atoms with Crippen LogP contribution in [0, 0.1) is 13.8 Å². The van der Waals surface area contributed by atoms with Gasteiger partial charge in [-0.15, -0.1) is 0 Å². The van der Waals surface area contributed by atoms with Crippen LogP contribution < -0.4 is 5.32 Å². The van der Waals surface area contributed by atoms with E-state index in [1.807, 2.05) is 32.0 Å². The van der Waals surface area contributed by atoms with Gasteiger partial charge in [-0.2, -0.15) is 0 Å². The second kappa shape index (κ2) is 7.26. The van der Waals surface area contributed by atoms with Gasteiger partial charge in [0.1, 0.15) is 12.5 Å². The van der Waals surface area contributed by atoms with E-state index < -0.39 is 12.0 Å². The smallest absolute Gasteiger partial charge is 0.328 e. The lowest BCUT2D eigenvalue weighted by atomic mass is 10.1. The standard InChI is InChI=1S/C17H22N2O4/c1-11-6-4-7-12(2)16(11)18-14(20)10-15(21)19-9-5-8-13(19)17(22)23-3/h4,6-7,13H,5,8-10H2,1-3H3,(H,18,20)/t13-/m0/s1. The van der Waals surface area contributed by atoms with Gasteiger partial charge in [-0.05, 0) is 37.8 Å². The molecule has 1 aromatic rings. The zero-order valence-electron chi connectivity index (χ0n) is 13.7. The van der Waals surface area contributed by atoms with Gasteiger partial charge >= 0.3 is 5.97 Å². The molecule has 0 radical (unpaired) electrons. The van der Waals surface area contributed by atoms with E-state index in [0.717, 1.165) is 23.2 Å². The van der Waals surface area contributed by atoms with Crippen molar-refractivity contribution in [3.8, 4) is 0 Å². The van der Waals surface area contributed by atoms with Crippen molar-refractivity contribution >= 4 is 23.5 Å².